The molecule has 1 aliphatic rings. The van der Waals surface area contributed by atoms with Gasteiger partial charge in [0.15, 0.2) is 0 Å². The van der Waals surface area contributed by atoms with Crippen molar-refractivity contribution in [2.24, 2.45) is 0 Å². The molecule has 0 amide bonds. The summed E-state index contributed by atoms with van der Waals surface area (Å²) >= 11 is 0. The van der Waals surface area contributed by atoms with Gasteiger partial charge in [-0.3, -0.25) is 9.59 Å². The lowest BCUT2D eigenvalue weighted by atomic mass is 9.84. The Bertz CT molecular complexity index is 556. The van der Waals surface area contributed by atoms with Gasteiger partial charge in [0.2, 0.25) is 11.6 Å². The molecule has 90 valence electrons. The van der Waals surface area contributed by atoms with E-state index in [9.17, 15) is 9.59 Å². The van der Waals surface area contributed by atoms with Crippen molar-refractivity contribution in [1.82, 2.24) is 0 Å². The van der Waals surface area contributed by atoms with E-state index in [2.05, 4.69) is 0 Å². The third kappa shape index (κ3) is 1.76. The lowest BCUT2D eigenvalue weighted by Crippen LogP contribution is -2.20. The van der Waals surface area contributed by atoms with Gasteiger partial charge in [0.25, 0.3) is 0 Å². The maximum absolute atomic E-state index is 11.8. The molecule has 2 aromatic rings. The van der Waals surface area contributed by atoms with Gasteiger partial charge in [0.05, 0.1) is 0 Å². The third-order valence-corrected chi connectivity index (χ3v) is 2.84. The molecular formula is C16H14O2. The van der Waals surface area contributed by atoms with Crippen LogP contribution in [-0.2, 0) is 0 Å². The molecule has 0 saturated heterocycles. The first-order chi connectivity index (χ1) is 8.79. The molecule has 0 atom stereocenters. The highest BCUT2D eigenvalue weighted by Gasteiger charge is 2.29. The normalized spacial score (nSPS) is 12.1. The van der Waals surface area contributed by atoms with E-state index in [0.29, 0.717) is 11.1 Å². The number of fused-ring (bicyclic) bond motifs is 3. The monoisotopic (exact) mass is 238 g/mol. The molecule has 0 spiro atoms. The molecule has 18 heavy (non-hydrogen) atoms. The molecule has 0 aromatic heterocycles. The van der Waals surface area contributed by atoms with E-state index in [1.54, 1.807) is 24.3 Å². The van der Waals surface area contributed by atoms with Gasteiger partial charge in [-0.25, -0.2) is 0 Å². The van der Waals surface area contributed by atoms with Crippen molar-refractivity contribution >= 4 is 11.6 Å². The third-order valence-electron chi connectivity index (χ3n) is 2.84. The van der Waals surface area contributed by atoms with E-state index in [-0.39, 0.29) is 0 Å². The number of rotatable bonds is 0. The van der Waals surface area contributed by atoms with Crippen LogP contribution in [0.2, 0.25) is 0 Å². The Hall–Kier alpha value is -2.22. The van der Waals surface area contributed by atoms with Crippen LogP contribution in [0.3, 0.4) is 0 Å². The molecular weight excluding hydrogens is 224 g/mol. The maximum atomic E-state index is 11.8. The minimum atomic E-state index is -0.408. The highest BCUT2D eigenvalue weighted by atomic mass is 16.2. The van der Waals surface area contributed by atoms with E-state index in [1.165, 1.54) is 0 Å². The zero-order chi connectivity index (χ0) is 13.1. The summed E-state index contributed by atoms with van der Waals surface area (Å²) in [4.78, 5) is 23.7. The number of hydrogen-bond acceptors (Lipinski definition) is 2. The smallest absolute Gasteiger partial charge is 0.234 e. The van der Waals surface area contributed by atoms with Crippen molar-refractivity contribution in [3.63, 3.8) is 0 Å². The first-order valence-corrected chi connectivity index (χ1v) is 6.06. The summed E-state index contributed by atoms with van der Waals surface area (Å²) < 4.78 is 0. The summed E-state index contributed by atoms with van der Waals surface area (Å²) in [6.07, 6.45) is 0. The van der Waals surface area contributed by atoms with Crippen molar-refractivity contribution in [3.05, 3.63) is 59.7 Å². The van der Waals surface area contributed by atoms with Crippen LogP contribution < -0.4 is 0 Å². The summed E-state index contributed by atoms with van der Waals surface area (Å²) in [6, 6.07) is 14.4. The van der Waals surface area contributed by atoms with E-state index in [1.807, 2.05) is 38.1 Å². The van der Waals surface area contributed by atoms with Crippen LogP contribution in [0.5, 0.6) is 0 Å². The van der Waals surface area contributed by atoms with E-state index in [0.717, 1.165) is 11.1 Å². The van der Waals surface area contributed by atoms with Crippen LogP contribution in [0.15, 0.2) is 48.5 Å². The van der Waals surface area contributed by atoms with Gasteiger partial charge in [-0.1, -0.05) is 62.4 Å². The second-order valence-corrected chi connectivity index (χ2v) is 3.75. The van der Waals surface area contributed by atoms with Crippen molar-refractivity contribution in [2.45, 2.75) is 13.8 Å². The van der Waals surface area contributed by atoms with Crippen LogP contribution in [0.25, 0.3) is 11.1 Å². The molecule has 0 heterocycles. The van der Waals surface area contributed by atoms with Gasteiger partial charge in [0, 0.05) is 11.1 Å². The highest BCUT2D eigenvalue weighted by Crippen LogP contribution is 2.32. The molecule has 2 heteroatoms. The molecule has 1 aliphatic carbocycles. The number of benzene rings is 2. The van der Waals surface area contributed by atoms with Crippen LogP contribution in [-0.4, -0.2) is 11.6 Å². The summed E-state index contributed by atoms with van der Waals surface area (Å²) in [5, 5.41) is 0. The highest BCUT2D eigenvalue weighted by molar-refractivity contribution is 6.52. The molecule has 2 nitrogen and oxygen atoms in total. The molecule has 3 rings (SSSR count). The molecule has 0 bridgehead atoms. The van der Waals surface area contributed by atoms with Crippen LogP contribution in [0, 0.1) is 0 Å². The average Bonchev–Trinajstić information content (AvgIpc) is 2.47. The average molecular weight is 238 g/mol. The van der Waals surface area contributed by atoms with Crippen LogP contribution >= 0.6 is 0 Å². The zero-order valence-electron chi connectivity index (χ0n) is 10.4. The van der Waals surface area contributed by atoms with Gasteiger partial charge in [-0.15, -0.1) is 0 Å². The van der Waals surface area contributed by atoms with Crippen molar-refractivity contribution < 1.29 is 9.59 Å². The summed E-state index contributed by atoms with van der Waals surface area (Å²) in [7, 11) is 0. The summed E-state index contributed by atoms with van der Waals surface area (Å²) in [5.74, 6) is -0.816. The standard InChI is InChI=1S/C14H8O2.C2H6/c15-13-11-7-3-1-5-9(11)10-6-2-4-8-12(10)14(13)16;1-2/h1-8H;1-2H3. The molecule has 0 N–H and O–H groups in total. The number of carbonyl (C=O) groups excluding carboxylic acids is 2. The Morgan fingerprint density at radius 2 is 0.833 bits per heavy atom. The second kappa shape index (κ2) is 4.96. The maximum Gasteiger partial charge on any atom is 0.234 e. The minimum absolute atomic E-state index is 0.408. The van der Waals surface area contributed by atoms with E-state index in [4.69, 9.17) is 0 Å². The first-order valence-electron chi connectivity index (χ1n) is 6.06. The minimum Gasteiger partial charge on any atom is -0.285 e. The second-order valence-electron chi connectivity index (χ2n) is 3.75. The Kier molecular flexibility index (Phi) is 3.38. The topological polar surface area (TPSA) is 34.1 Å². The Morgan fingerprint density at radius 3 is 1.17 bits per heavy atom. The Labute approximate surface area is 106 Å². The van der Waals surface area contributed by atoms with Crippen LogP contribution in [0.1, 0.15) is 34.6 Å². The predicted octanol–water partition coefficient (Wildman–Crippen LogP) is 3.76. The van der Waals surface area contributed by atoms with Gasteiger partial charge >= 0.3 is 0 Å². The summed E-state index contributed by atoms with van der Waals surface area (Å²) in [6.45, 7) is 4.00. The number of hydrogen-bond donors (Lipinski definition) is 0. The molecule has 0 saturated carbocycles. The van der Waals surface area contributed by atoms with Crippen LogP contribution in [0.4, 0.5) is 0 Å². The largest absolute Gasteiger partial charge is 0.285 e. The van der Waals surface area contributed by atoms with Gasteiger partial charge in [-0.05, 0) is 11.1 Å². The van der Waals surface area contributed by atoms with E-state index < -0.39 is 11.6 Å². The van der Waals surface area contributed by atoms with Crippen molar-refractivity contribution in [2.75, 3.05) is 0 Å². The van der Waals surface area contributed by atoms with Gasteiger partial charge < -0.3 is 0 Å². The Morgan fingerprint density at radius 1 is 0.556 bits per heavy atom. The summed E-state index contributed by atoms with van der Waals surface area (Å²) in [5.41, 5.74) is 2.71. The number of carbonyl (C=O) groups is 2. The predicted molar refractivity (Wildman–Crippen MR) is 71.9 cm³/mol. The fourth-order valence-electron chi connectivity index (χ4n) is 2.08. The first kappa shape index (κ1) is 12.2. The van der Waals surface area contributed by atoms with E-state index >= 15 is 0 Å². The molecule has 0 radical (unpaired) electrons. The van der Waals surface area contributed by atoms with Crippen molar-refractivity contribution in [1.29, 1.82) is 0 Å². The molecule has 2 aromatic carbocycles. The molecule has 0 unspecified atom stereocenters. The number of Topliss-reactive ketones (excluding diaryl/α,β-unsaturated/α-hetero) is 2. The lowest BCUT2D eigenvalue weighted by molar-refractivity contribution is 0.0815. The van der Waals surface area contributed by atoms with Gasteiger partial charge in [0.1, 0.15) is 0 Å². The van der Waals surface area contributed by atoms with Gasteiger partial charge in [-0.2, -0.15) is 0 Å². The lowest BCUT2D eigenvalue weighted by Gasteiger charge is -2.16. The fraction of sp³-hybridized carbons (Fsp3) is 0.125. The number of ketones is 2. The zero-order valence-corrected chi connectivity index (χ0v) is 10.4. The molecule has 0 fully saturated rings. The quantitative estimate of drug-likeness (QED) is 0.655. The molecule has 0 aliphatic heterocycles. The fourth-order valence-corrected chi connectivity index (χ4v) is 2.08. The van der Waals surface area contributed by atoms with Crippen molar-refractivity contribution in [3.8, 4) is 11.1 Å². The Balaban J connectivity index is 0.000000574. The SMILES string of the molecule is CC.O=C1C(=O)c2ccccc2-c2ccccc21.